The van der Waals surface area contributed by atoms with E-state index in [1.54, 1.807) is 47.9 Å². The maximum absolute atomic E-state index is 12.2. The number of ether oxygens (including phenoxy) is 2. The average Bonchev–Trinajstić information content (AvgIpc) is 3.20. The van der Waals surface area contributed by atoms with Crippen LogP contribution in [0.25, 0.3) is 17.3 Å². The zero-order chi connectivity index (χ0) is 21.5. The van der Waals surface area contributed by atoms with Crippen LogP contribution in [0.2, 0.25) is 10.0 Å². The van der Waals surface area contributed by atoms with Crippen LogP contribution < -0.4 is 14.8 Å². The lowest BCUT2D eigenvalue weighted by molar-refractivity contribution is -0.111. The highest BCUT2D eigenvalue weighted by Crippen LogP contribution is 2.32. The van der Waals surface area contributed by atoms with Gasteiger partial charge < -0.3 is 9.47 Å². The molecule has 1 heterocycles. The number of nitriles is 1. The van der Waals surface area contributed by atoms with Gasteiger partial charge in [0.1, 0.15) is 6.07 Å². The number of thiazole rings is 1. The summed E-state index contributed by atoms with van der Waals surface area (Å²) in [4.78, 5) is 16.6. The lowest BCUT2D eigenvalue weighted by atomic mass is 10.2. The highest BCUT2D eigenvalue weighted by atomic mass is 35.5. The summed E-state index contributed by atoms with van der Waals surface area (Å²) in [6.45, 7) is -0.0792. The molecular formula is C21H15Cl2N3O3S. The van der Waals surface area contributed by atoms with Crippen LogP contribution in [0.15, 0.2) is 47.9 Å². The molecule has 0 atom stereocenters. The number of nitrogens with zero attached hydrogens (tertiary/aromatic N) is 2. The summed E-state index contributed by atoms with van der Waals surface area (Å²) < 4.78 is 10.5. The third-order valence-corrected chi connectivity index (χ3v) is 5.17. The van der Waals surface area contributed by atoms with Crippen molar-refractivity contribution in [3.8, 4) is 28.8 Å². The van der Waals surface area contributed by atoms with E-state index in [1.807, 2.05) is 6.07 Å². The van der Waals surface area contributed by atoms with Crippen molar-refractivity contribution in [3.05, 3.63) is 63.5 Å². The Bertz CT molecular complexity index is 1140. The van der Waals surface area contributed by atoms with E-state index in [0.29, 0.717) is 37.9 Å². The number of hydrogen-bond donors (Lipinski definition) is 1. The van der Waals surface area contributed by atoms with Crippen LogP contribution in [0, 0.1) is 11.3 Å². The summed E-state index contributed by atoms with van der Waals surface area (Å²) in [5, 5.41) is 14.6. The number of anilines is 1. The van der Waals surface area contributed by atoms with Gasteiger partial charge in [0.05, 0.1) is 17.8 Å². The topological polar surface area (TPSA) is 84.2 Å². The predicted octanol–water partition coefficient (Wildman–Crippen LogP) is 5.68. The number of aromatic nitrogens is 1. The van der Waals surface area contributed by atoms with Crippen molar-refractivity contribution in [2.75, 3.05) is 19.0 Å². The molecule has 0 saturated heterocycles. The van der Waals surface area contributed by atoms with E-state index in [9.17, 15) is 4.79 Å². The summed E-state index contributed by atoms with van der Waals surface area (Å²) in [6, 6.07) is 12.2. The first-order valence-electron chi connectivity index (χ1n) is 8.58. The molecule has 6 nitrogen and oxygen atoms in total. The molecule has 0 radical (unpaired) electrons. The Balaban J connectivity index is 1.67. The molecule has 0 saturated carbocycles. The minimum absolute atomic E-state index is 0.0792. The molecule has 3 aromatic rings. The third-order valence-electron chi connectivity index (χ3n) is 3.85. The molecule has 1 amide bonds. The number of carbonyl (C=O) groups is 1. The SMILES string of the molecule is COc1cc(/C=C/C(=O)Nc2nc(-c3cc(Cl)ccc3Cl)cs2)ccc1OCC#N. The predicted molar refractivity (Wildman–Crippen MR) is 119 cm³/mol. The zero-order valence-electron chi connectivity index (χ0n) is 15.7. The molecular weight excluding hydrogens is 445 g/mol. The monoisotopic (exact) mass is 459 g/mol. The number of benzene rings is 2. The Labute approximate surface area is 187 Å². The van der Waals surface area contributed by atoms with Gasteiger partial charge in [0.25, 0.3) is 0 Å². The van der Waals surface area contributed by atoms with Gasteiger partial charge in [0.15, 0.2) is 23.2 Å². The number of hydrogen-bond acceptors (Lipinski definition) is 6. The third kappa shape index (κ3) is 5.51. The lowest BCUT2D eigenvalue weighted by Gasteiger charge is -2.08. The van der Waals surface area contributed by atoms with Crippen molar-refractivity contribution < 1.29 is 14.3 Å². The molecule has 1 N–H and O–H groups in total. The molecule has 0 bridgehead atoms. The molecule has 2 aromatic carbocycles. The molecule has 0 fully saturated rings. The van der Waals surface area contributed by atoms with Crippen molar-refractivity contribution in [2.45, 2.75) is 0 Å². The Hall–Kier alpha value is -3.05. The standard InChI is InChI=1S/C21H15Cl2N3O3S/c1-28-19-10-13(2-6-18(19)29-9-8-24)3-7-20(27)26-21-25-17(12-30-21)15-11-14(22)4-5-16(15)23/h2-7,10-12H,9H2,1H3,(H,25,26,27)/b7-3+. The molecule has 1 aromatic heterocycles. The van der Waals surface area contributed by atoms with Crippen LogP contribution in [-0.4, -0.2) is 24.6 Å². The van der Waals surface area contributed by atoms with Gasteiger partial charge in [-0.25, -0.2) is 4.98 Å². The Kier molecular flexibility index (Phi) is 7.31. The quantitative estimate of drug-likeness (QED) is 0.459. The smallest absolute Gasteiger partial charge is 0.250 e. The number of carbonyl (C=O) groups excluding carboxylic acids is 1. The van der Waals surface area contributed by atoms with E-state index in [4.69, 9.17) is 37.9 Å². The van der Waals surface area contributed by atoms with E-state index < -0.39 is 0 Å². The number of nitrogens with one attached hydrogen (secondary N) is 1. The molecule has 0 aliphatic rings. The van der Waals surface area contributed by atoms with Crippen molar-refractivity contribution in [3.63, 3.8) is 0 Å². The molecule has 0 aliphatic heterocycles. The number of amides is 1. The van der Waals surface area contributed by atoms with E-state index >= 15 is 0 Å². The van der Waals surface area contributed by atoms with Crippen molar-refractivity contribution in [2.24, 2.45) is 0 Å². The van der Waals surface area contributed by atoms with Crippen molar-refractivity contribution >= 4 is 51.7 Å². The normalized spacial score (nSPS) is 10.6. The van der Waals surface area contributed by atoms with Gasteiger partial charge in [-0.3, -0.25) is 10.1 Å². The van der Waals surface area contributed by atoms with Crippen LogP contribution in [0.5, 0.6) is 11.5 Å². The summed E-state index contributed by atoms with van der Waals surface area (Å²) >= 11 is 13.5. The van der Waals surface area contributed by atoms with Gasteiger partial charge >= 0.3 is 0 Å². The second-order valence-electron chi connectivity index (χ2n) is 5.84. The summed E-state index contributed by atoms with van der Waals surface area (Å²) in [5.41, 5.74) is 2.06. The van der Waals surface area contributed by atoms with Gasteiger partial charge in [-0.05, 0) is 42.0 Å². The van der Waals surface area contributed by atoms with Gasteiger partial charge in [-0.15, -0.1) is 11.3 Å². The van der Waals surface area contributed by atoms with E-state index in [1.165, 1.54) is 24.5 Å². The second kappa shape index (κ2) is 10.1. The first-order chi connectivity index (χ1) is 14.5. The molecule has 0 unspecified atom stereocenters. The molecule has 3 rings (SSSR count). The minimum atomic E-state index is -0.336. The van der Waals surface area contributed by atoms with Crippen LogP contribution >= 0.6 is 34.5 Å². The molecule has 152 valence electrons. The second-order valence-corrected chi connectivity index (χ2v) is 7.54. The fourth-order valence-corrected chi connectivity index (χ4v) is 3.58. The van der Waals surface area contributed by atoms with Crippen molar-refractivity contribution in [1.82, 2.24) is 4.98 Å². The number of halogens is 2. The van der Waals surface area contributed by atoms with Crippen molar-refractivity contribution in [1.29, 1.82) is 5.26 Å². The van der Waals surface area contributed by atoms with E-state index in [0.717, 1.165) is 5.56 Å². The lowest BCUT2D eigenvalue weighted by Crippen LogP contribution is -2.07. The highest BCUT2D eigenvalue weighted by Gasteiger charge is 2.10. The maximum atomic E-state index is 12.2. The first kappa shape index (κ1) is 21.7. The summed E-state index contributed by atoms with van der Waals surface area (Å²) in [7, 11) is 1.50. The zero-order valence-corrected chi connectivity index (χ0v) is 18.0. The van der Waals surface area contributed by atoms with Gasteiger partial charge in [0, 0.05) is 22.0 Å². The van der Waals surface area contributed by atoms with E-state index in [-0.39, 0.29) is 12.5 Å². The molecule has 0 aliphatic carbocycles. The van der Waals surface area contributed by atoms with Crippen LogP contribution in [0.4, 0.5) is 5.13 Å². The van der Waals surface area contributed by atoms with Crippen LogP contribution in [0.1, 0.15) is 5.56 Å². The van der Waals surface area contributed by atoms with Gasteiger partial charge in [0.2, 0.25) is 5.91 Å². The van der Waals surface area contributed by atoms with Gasteiger partial charge in [-0.2, -0.15) is 5.26 Å². The Morgan fingerprint density at radius 1 is 1.27 bits per heavy atom. The highest BCUT2D eigenvalue weighted by molar-refractivity contribution is 7.14. The number of rotatable bonds is 7. The summed E-state index contributed by atoms with van der Waals surface area (Å²) in [6.07, 6.45) is 3.02. The largest absolute Gasteiger partial charge is 0.493 e. The Morgan fingerprint density at radius 2 is 2.10 bits per heavy atom. The van der Waals surface area contributed by atoms with E-state index in [2.05, 4.69) is 10.3 Å². The average molecular weight is 460 g/mol. The minimum Gasteiger partial charge on any atom is -0.493 e. The fourth-order valence-electron chi connectivity index (χ4n) is 2.48. The summed E-state index contributed by atoms with van der Waals surface area (Å²) in [5.74, 6) is 0.586. The van der Waals surface area contributed by atoms with Crippen LogP contribution in [0.3, 0.4) is 0 Å². The maximum Gasteiger partial charge on any atom is 0.250 e. The molecule has 0 spiro atoms. The first-order valence-corrected chi connectivity index (χ1v) is 10.2. The van der Waals surface area contributed by atoms with Gasteiger partial charge in [-0.1, -0.05) is 29.3 Å². The van der Waals surface area contributed by atoms with Crippen LogP contribution in [-0.2, 0) is 4.79 Å². The Morgan fingerprint density at radius 3 is 2.87 bits per heavy atom. The molecule has 30 heavy (non-hydrogen) atoms. The number of methoxy groups -OCH3 is 1. The fraction of sp³-hybridized carbons (Fsp3) is 0.0952. The molecule has 9 heteroatoms.